The van der Waals surface area contributed by atoms with Gasteiger partial charge in [0.2, 0.25) is 0 Å². The third-order valence-electron chi connectivity index (χ3n) is 3.85. The molecular weight excluding hydrogens is 263 g/mol. The first-order chi connectivity index (χ1) is 9.16. The topological polar surface area (TPSA) is 9.23 Å². The van der Waals surface area contributed by atoms with Crippen molar-refractivity contribution in [2.75, 3.05) is 6.61 Å². The van der Waals surface area contributed by atoms with Crippen molar-refractivity contribution in [2.24, 2.45) is 5.92 Å². The second-order valence-electron chi connectivity index (χ2n) is 5.22. The van der Waals surface area contributed by atoms with Gasteiger partial charge in [-0.1, -0.05) is 30.3 Å². The van der Waals surface area contributed by atoms with Crippen molar-refractivity contribution < 1.29 is 9.13 Å². The van der Waals surface area contributed by atoms with Gasteiger partial charge in [-0.2, -0.15) is 0 Å². The smallest absolute Gasteiger partial charge is 0.131 e. The van der Waals surface area contributed by atoms with Crippen LogP contribution in [0.5, 0.6) is 0 Å². The van der Waals surface area contributed by atoms with Crippen LogP contribution in [0.15, 0.2) is 36.4 Å². The second kappa shape index (κ2) is 5.10. The van der Waals surface area contributed by atoms with E-state index in [0.29, 0.717) is 17.9 Å². The third-order valence-corrected chi connectivity index (χ3v) is 4.44. The SMILES string of the molecule is CC1CC(C(Cl)c2ccc(F)c3ccccc23)CO1. The molecule has 0 bridgehead atoms. The van der Waals surface area contributed by atoms with Gasteiger partial charge < -0.3 is 4.74 Å². The van der Waals surface area contributed by atoms with E-state index in [1.54, 1.807) is 12.1 Å². The molecule has 3 rings (SSSR count). The highest BCUT2D eigenvalue weighted by molar-refractivity contribution is 6.22. The lowest BCUT2D eigenvalue weighted by atomic mass is 9.92. The Hall–Kier alpha value is -1.12. The van der Waals surface area contributed by atoms with Gasteiger partial charge in [0.05, 0.1) is 18.1 Å². The Labute approximate surface area is 117 Å². The average molecular weight is 279 g/mol. The lowest BCUT2D eigenvalue weighted by molar-refractivity contribution is 0.120. The monoisotopic (exact) mass is 278 g/mol. The highest BCUT2D eigenvalue weighted by Gasteiger charge is 2.30. The van der Waals surface area contributed by atoms with Crippen LogP contribution in [0, 0.1) is 11.7 Å². The highest BCUT2D eigenvalue weighted by Crippen LogP contribution is 2.39. The average Bonchev–Trinajstić information content (AvgIpc) is 2.86. The number of benzene rings is 2. The molecule has 2 aromatic carbocycles. The summed E-state index contributed by atoms with van der Waals surface area (Å²) in [6, 6.07) is 10.8. The Morgan fingerprint density at radius 3 is 2.63 bits per heavy atom. The summed E-state index contributed by atoms with van der Waals surface area (Å²) in [4.78, 5) is 0. The minimum Gasteiger partial charge on any atom is -0.378 e. The summed E-state index contributed by atoms with van der Waals surface area (Å²) < 4.78 is 19.4. The number of halogens is 2. The second-order valence-corrected chi connectivity index (χ2v) is 5.69. The van der Waals surface area contributed by atoms with E-state index in [1.165, 1.54) is 6.07 Å². The molecule has 2 aromatic rings. The van der Waals surface area contributed by atoms with Gasteiger partial charge in [0.15, 0.2) is 0 Å². The molecule has 3 atom stereocenters. The molecule has 0 radical (unpaired) electrons. The van der Waals surface area contributed by atoms with Crippen molar-refractivity contribution in [3.05, 3.63) is 47.8 Å². The summed E-state index contributed by atoms with van der Waals surface area (Å²) in [5.74, 6) is 0.102. The molecule has 1 aliphatic rings. The van der Waals surface area contributed by atoms with Gasteiger partial charge in [0.1, 0.15) is 5.82 Å². The normalized spacial score (nSPS) is 24.8. The van der Waals surface area contributed by atoms with Crippen LogP contribution in [-0.4, -0.2) is 12.7 Å². The minimum absolute atomic E-state index is 0.129. The molecular formula is C16H16ClFO. The molecule has 3 heteroatoms. The molecule has 1 heterocycles. The molecule has 0 N–H and O–H groups in total. The molecule has 1 aliphatic heterocycles. The van der Waals surface area contributed by atoms with Gasteiger partial charge in [-0.3, -0.25) is 0 Å². The summed E-state index contributed by atoms with van der Waals surface area (Å²) in [7, 11) is 0. The molecule has 100 valence electrons. The van der Waals surface area contributed by atoms with E-state index in [4.69, 9.17) is 16.3 Å². The van der Waals surface area contributed by atoms with E-state index in [9.17, 15) is 4.39 Å². The van der Waals surface area contributed by atoms with Gasteiger partial charge >= 0.3 is 0 Å². The van der Waals surface area contributed by atoms with Gasteiger partial charge in [0, 0.05) is 11.3 Å². The van der Waals surface area contributed by atoms with E-state index < -0.39 is 0 Å². The first-order valence-corrected chi connectivity index (χ1v) is 7.03. The fraction of sp³-hybridized carbons (Fsp3) is 0.375. The van der Waals surface area contributed by atoms with Crippen LogP contribution in [0.4, 0.5) is 4.39 Å². The summed E-state index contributed by atoms with van der Waals surface area (Å²) in [5, 5.41) is 1.41. The van der Waals surface area contributed by atoms with Crippen LogP contribution < -0.4 is 0 Å². The van der Waals surface area contributed by atoms with E-state index in [-0.39, 0.29) is 17.3 Å². The number of fused-ring (bicyclic) bond motifs is 1. The quantitative estimate of drug-likeness (QED) is 0.725. The zero-order valence-corrected chi connectivity index (χ0v) is 11.5. The van der Waals surface area contributed by atoms with Crippen LogP contribution in [0.25, 0.3) is 10.8 Å². The van der Waals surface area contributed by atoms with Gasteiger partial charge in [0.25, 0.3) is 0 Å². The fourth-order valence-electron chi connectivity index (χ4n) is 2.83. The maximum atomic E-state index is 13.8. The first kappa shape index (κ1) is 12.9. The molecule has 1 nitrogen and oxygen atoms in total. The predicted molar refractivity (Wildman–Crippen MR) is 76.0 cm³/mol. The van der Waals surface area contributed by atoms with E-state index in [0.717, 1.165) is 17.4 Å². The summed E-state index contributed by atoms with van der Waals surface area (Å²) in [5.41, 5.74) is 1.00. The van der Waals surface area contributed by atoms with Crippen molar-refractivity contribution in [2.45, 2.75) is 24.8 Å². The van der Waals surface area contributed by atoms with Crippen molar-refractivity contribution in [1.82, 2.24) is 0 Å². The molecule has 0 saturated carbocycles. The maximum Gasteiger partial charge on any atom is 0.131 e. The van der Waals surface area contributed by atoms with Crippen molar-refractivity contribution >= 4 is 22.4 Å². The van der Waals surface area contributed by atoms with Gasteiger partial charge in [-0.25, -0.2) is 4.39 Å². The molecule has 1 saturated heterocycles. The largest absolute Gasteiger partial charge is 0.378 e. The Kier molecular flexibility index (Phi) is 3.46. The predicted octanol–water partition coefficient (Wildman–Crippen LogP) is 4.68. The Morgan fingerprint density at radius 2 is 1.95 bits per heavy atom. The van der Waals surface area contributed by atoms with Crippen molar-refractivity contribution in [1.29, 1.82) is 0 Å². The molecule has 0 aromatic heterocycles. The molecule has 0 amide bonds. The van der Waals surface area contributed by atoms with Gasteiger partial charge in [-0.15, -0.1) is 11.6 Å². The van der Waals surface area contributed by atoms with E-state index in [1.807, 2.05) is 18.2 Å². The molecule has 0 spiro atoms. The van der Waals surface area contributed by atoms with Crippen LogP contribution >= 0.6 is 11.6 Å². The molecule has 0 aliphatic carbocycles. The summed E-state index contributed by atoms with van der Waals surface area (Å²) in [6.45, 7) is 2.74. The molecule has 3 unspecified atom stereocenters. The zero-order chi connectivity index (χ0) is 13.4. The van der Waals surface area contributed by atoms with Crippen LogP contribution in [0.1, 0.15) is 24.3 Å². The number of rotatable bonds is 2. The van der Waals surface area contributed by atoms with Crippen molar-refractivity contribution in [3.8, 4) is 0 Å². The fourth-order valence-corrected chi connectivity index (χ4v) is 3.20. The molecule has 1 fully saturated rings. The third kappa shape index (κ3) is 2.35. The Morgan fingerprint density at radius 1 is 1.21 bits per heavy atom. The summed E-state index contributed by atoms with van der Waals surface area (Å²) >= 11 is 6.61. The Bertz CT molecular complexity index is 598. The maximum absolute atomic E-state index is 13.8. The van der Waals surface area contributed by atoms with E-state index >= 15 is 0 Å². The van der Waals surface area contributed by atoms with Crippen LogP contribution in [-0.2, 0) is 4.74 Å². The van der Waals surface area contributed by atoms with Crippen molar-refractivity contribution in [3.63, 3.8) is 0 Å². The number of ether oxygens (including phenoxy) is 1. The number of hydrogen-bond acceptors (Lipinski definition) is 1. The first-order valence-electron chi connectivity index (χ1n) is 6.59. The lowest BCUT2D eigenvalue weighted by Gasteiger charge is -2.18. The zero-order valence-electron chi connectivity index (χ0n) is 10.8. The van der Waals surface area contributed by atoms with Crippen LogP contribution in [0.2, 0.25) is 0 Å². The highest BCUT2D eigenvalue weighted by atomic mass is 35.5. The number of alkyl halides is 1. The number of hydrogen-bond donors (Lipinski definition) is 0. The minimum atomic E-state index is -0.195. The standard InChI is InChI=1S/C16H16ClFO/c1-10-8-11(9-19-10)16(17)14-6-7-15(18)13-5-3-2-4-12(13)14/h2-7,10-11,16H,8-9H2,1H3. The lowest BCUT2D eigenvalue weighted by Crippen LogP contribution is -2.08. The summed E-state index contributed by atoms with van der Waals surface area (Å²) in [6.07, 6.45) is 1.22. The van der Waals surface area contributed by atoms with Crippen LogP contribution in [0.3, 0.4) is 0 Å². The molecule has 19 heavy (non-hydrogen) atoms. The Balaban J connectivity index is 2.03. The van der Waals surface area contributed by atoms with Gasteiger partial charge in [-0.05, 0) is 30.4 Å². The van der Waals surface area contributed by atoms with E-state index in [2.05, 4.69) is 6.92 Å².